The molecule has 10 nitrogen and oxygen atoms in total. The summed E-state index contributed by atoms with van der Waals surface area (Å²) in [6.45, 7) is 6.95. The summed E-state index contributed by atoms with van der Waals surface area (Å²) in [5.74, 6) is 0.919. The molecule has 1 saturated heterocycles. The van der Waals surface area contributed by atoms with Crippen molar-refractivity contribution in [1.29, 1.82) is 0 Å². The molecule has 1 aromatic heterocycles. The minimum atomic E-state index is -0.490. The molecule has 1 aromatic carbocycles. The number of pyridine rings is 1. The lowest BCUT2D eigenvalue weighted by atomic mass is 10.0. The first-order chi connectivity index (χ1) is 17.9. The van der Waals surface area contributed by atoms with Gasteiger partial charge in [-0.05, 0) is 43.7 Å². The maximum atomic E-state index is 13.6. The molecule has 10 heteroatoms. The van der Waals surface area contributed by atoms with Crippen molar-refractivity contribution < 1.29 is 28.5 Å². The molecule has 3 rings (SSSR count). The second-order valence-corrected chi connectivity index (χ2v) is 9.19. The zero-order valence-electron chi connectivity index (χ0n) is 22.1. The number of carbonyl (C=O) groups is 2. The first kappa shape index (κ1) is 28.2. The van der Waals surface area contributed by atoms with Crippen molar-refractivity contribution in [2.45, 2.75) is 39.0 Å². The normalized spacial score (nSPS) is 16.9. The Morgan fingerprint density at radius 3 is 2.70 bits per heavy atom. The largest absolute Gasteiger partial charge is 0.493 e. The van der Waals surface area contributed by atoms with Crippen LogP contribution in [0.15, 0.2) is 42.7 Å². The van der Waals surface area contributed by atoms with E-state index in [-0.39, 0.29) is 24.0 Å². The Labute approximate surface area is 218 Å². The van der Waals surface area contributed by atoms with E-state index < -0.39 is 6.09 Å². The molecule has 0 aliphatic carbocycles. The van der Waals surface area contributed by atoms with Gasteiger partial charge in [-0.15, -0.1) is 0 Å². The van der Waals surface area contributed by atoms with Crippen LogP contribution in [0.1, 0.15) is 36.2 Å². The van der Waals surface area contributed by atoms with Crippen LogP contribution in [0.3, 0.4) is 0 Å². The van der Waals surface area contributed by atoms with Crippen LogP contribution in [0.2, 0.25) is 0 Å². The van der Waals surface area contributed by atoms with Crippen LogP contribution in [0.5, 0.6) is 11.5 Å². The van der Waals surface area contributed by atoms with Crippen molar-refractivity contribution in [2.75, 3.05) is 47.1 Å². The SMILES string of the molecule is COCCCOc1cc(C(=O)N(C[C@@H]2CNC[C@H]2OC(=O)NCc2cccnc2)C(C)C)ccc1OC. The predicted molar refractivity (Wildman–Crippen MR) is 139 cm³/mol. The summed E-state index contributed by atoms with van der Waals surface area (Å²) in [6, 6.07) is 8.85. The summed E-state index contributed by atoms with van der Waals surface area (Å²) in [5.41, 5.74) is 1.40. The van der Waals surface area contributed by atoms with E-state index in [0.29, 0.717) is 56.5 Å². The first-order valence-electron chi connectivity index (χ1n) is 12.6. The molecule has 202 valence electrons. The molecule has 37 heavy (non-hydrogen) atoms. The molecule has 0 radical (unpaired) electrons. The molecule has 1 fully saturated rings. The van der Waals surface area contributed by atoms with Crippen LogP contribution in [0.4, 0.5) is 4.79 Å². The van der Waals surface area contributed by atoms with Gasteiger partial charge in [0.1, 0.15) is 6.10 Å². The van der Waals surface area contributed by atoms with Crippen LogP contribution >= 0.6 is 0 Å². The first-order valence-corrected chi connectivity index (χ1v) is 12.6. The molecule has 1 aliphatic heterocycles. The van der Waals surface area contributed by atoms with Gasteiger partial charge >= 0.3 is 6.09 Å². The Morgan fingerprint density at radius 1 is 1.16 bits per heavy atom. The summed E-state index contributed by atoms with van der Waals surface area (Å²) in [6.07, 6.45) is 3.26. The van der Waals surface area contributed by atoms with Crippen LogP contribution < -0.4 is 20.1 Å². The molecule has 0 saturated carbocycles. The number of carbonyl (C=O) groups excluding carboxylic acids is 2. The summed E-state index contributed by atoms with van der Waals surface area (Å²) < 4.78 is 22.0. The Kier molecular flexibility index (Phi) is 11.0. The van der Waals surface area contributed by atoms with Crippen molar-refractivity contribution in [3.8, 4) is 11.5 Å². The molecule has 1 aliphatic rings. The number of methoxy groups -OCH3 is 2. The maximum Gasteiger partial charge on any atom is 0.407 e. The number of hydrogen-bond acceptors (Lipinski definition) is 8. The number of benzene rings is 1. The van der Waals surface area contributed by atoms with Crippen LogP contribution in [-0.2, 0) is 16.0 Å². The molecule has 0 spiro atoms. The smallest absolute Gasteiger partial charge is 0.407 e. The third kappa shape index (κ3) is 8.33. The Morgan fingerprint density at radius 2 is 2.00 bits per heavy atom. The second kappa shape index (κ2) is 14.4. The summed E-state index contributed by atoms with van der Waals surface area (Å²) in [7, 11) is 3.21. The highest BCUT2D eigenvalue weighted by atomic mass is 16.6. The van der Waals surface area contributed by atoms with Gasteiger partial charge in [0.15, 0.2) is 11.5 Å². The quantitative estimate of drug-likeness (QED) is 0.393. The Balaban J connectivity index is 1.63. The lowest BCUT2D eigenvalue weighted by Crippen LogP contribution is -2.44. The molecule has 2 amide bonds. The molecule has 2 heterocycles. The number of nitrogens with one attached hydrogen (secondary N) is 2. The van der Waals surface area contributed by atoms with Gasteiger partial charge in [-0.1, -0.05) is 6.07 Å². The number of alkyl carbamates (subject to hydrolysis) is 1. The van der Waals surface area contributed by atoms with Gasteiger partial charge in [-0.3, -0.25) is 9.78 Å². The number of amides is 2. The van der Waals surface area contributed by atoms with Gasteiger partial charge in [0, 0.05) is 76.2 Å². The van der Waals surface area contributed by atoms with Crippen molar-refractivity contribution in [3.63, 3.8) is 0 Å². The maximum absolute atomic E-state index is 13.6. The Bertz CT molecular complexity index is 1000. The molecule has 2 N–H and O–H groups in total. The standard InChI is InChI=1S/C27H38N4O6/c1-19(2)31(26(32)21-8-9-23(35-4)24(13-21)36-12-6-11-34-3)18-22-16-29-17-25(22)37-27(33)30-15-20-7-5-10-28-14-20/h5,7-10,13-14,19,22,25,29H,6,11-12,15-18H2,1-4H3,(H,30,33)/t22-,25+/m0/s1. The zero-order chi connectivity index (χ0) is 26.6. The topological polar surface area (TPSA) is 111 Å². The van der Waals surface area contributed by atoms with E-state index in [9.17, 15) is 9.59 Å². The van der Waals surface area contributed by atoms with Crippen molar-refractivity contribution >= 4 is 12.0 Å². The van der Waals surface area contributed by atoms with Gasteiger partial charge in [-0.25, -0.2) is 4.79 Å². The van der Waals surface area contributed by atoms with E-state index in [1.54, 1.807) is 49.7 Å². The zero-order valence-corrected chi connectivity index (χ0v) is 22.1. The Hall–Kier alpha value is -3.37. The van der Waals surface area contributed by atoms with Gasteiger partial charge < -0.3 is 34.5 Å². The summed E-state index contributed by atoms with van der Waals surface area (Å²) in [4.78, 5) is 31.8. The van der Waals surface area contributed by atoms with Crippen LogP contribution in [-0.4, -0.2) is 81.1 Å². The van der Waals surface area contributed by atoms with E-state index in [4.69, 9.17) is 18.9 Å². The highest BCUT2D eigenvalue weighted by Crippen LogP contribution is 2.29. The van der Waals surface area contributed by atoms with Gasteiger partial charge in [0.05, 0.1) is 13.7 Å². The van der Waals surface area contributed by atoms with E-state index in [1.807, 2.05) is 26.0 Å². The van der Waals surface area contributed by atoms with E-state index >= 15 is 0 Å². The lowest BCUT2D eigenvalue weighted by molar-refractivity contribution is 0.0521. The number of aromatic nitrogens is 1. The van der Waals surface area contributed by atoms with Gasteiger partial charge in [-0.2, -0.15) is 0 Å². The lowest BCUT2D eigenvalue weighted by Gasteiger charge is -2.31. The van der Waals surface area contributed by atoms with Gasteiger partial charge in [0.25, 0.3) is 5.91 Å². The predicted octanol–water partition coefficient (Wildman–Crippen LogP) is 2.87. The van der Waals surface area contributed by atoms with Crippen molar-refractivity contribution in [2.24, 2.45) is 5.92 Å². The molecular formula is C27H38N4O6. The summed E-state index contributed by atoms with van der Waals surface area (Å²) in [5, 5.41) is 6.05. The minimum absolute atomic E-state index is 0.0431. The third-order valence-corrected chi connectivity index (χ3v) is 6.17. The molecule has 0 bridgehead atoms. The van der Waals surface area contributed by atoms with Crippen molar-refractivity contribution in [1.82, 2.24) is 20.5 Å². The molecule has 2 aromatic rings. The number of hydrogen-bond donors (Lipinski definition) is 2. The third-order valence-electron chi connectivity index (χ3n) is 6.17. The van der Waals surface area contributed by atoms with Crippen LogP contribution in [0, 0.1) is 5.92 Å². The molecule has 2 atom stereocenters. The fraction of sp³-hybridized carbons (Fsp3) is 0.519. The van der Waals surface area contributed by atoms with Crippen molar-refractivity contribution in [3.05, 3.63) is 53.9 Å². The van der Waals surface area contributed by atoms with Gasteiger partial charge in [0.2, 0.25) is 0 Å². The van der Waals surface area contributed by atoms with E-state index in [1.165, 1.54) is 0 Å². The fourth-order valence-corrected chi connectivity index (χ4v) is 4.14. The van der Waals surface area contributed by atoms with E-state index in [0.717, 1.165) is 12.0 Å². The number of ether oxygens (including phenoxy) is 4. The fourth-order valence-electron chi connectivity index (χ4n) is 4.14. The van der Waals surface area contributed by atoms with Crippen LogP contribution in [0.25, 0.3) is 0 Å². The van der Waals surface area contributed by atoms with E-state index in [2.05, 4.69) is 15.6 Å². The highest BCUT2D eigenvalue weighted by molar-refractivity contribution is 5.95. The monoisotopic (exact) mass is 514 g/mol. The summed E-state index contributed by atoms with van der Waals surface area (Å²) >= 11 is 0. The second-order valence-electron chi connectivity index (χ2n) is 9.19. The average molecular weight is 515 g/mol. The number of rotatable bonds is 13. The number of nitrogens with zero attached hydrogens (tertiary/aromatic N) is 2. The molecule has 0 unspecified atom stereocenters. The molecular weight excluding hydrogens is 476 g/mol. The minimum Gasteiger partial charge on any atom is -0.493 e. The average Bonchev–Trinajstić information content (AvgIpc) is 3.34. The highest BCUT2D eigenvalue weighted by Gasteiger charge is 2.34.